The summed E-state index contributed by atoms with van der Waals surface area (Å²) in [6.07, 6.45) is 3.93. The van der Waals surface area contributed by atoms with E-state index in [1.807, 2.05) is 13.8 Å². The Morgan fingerprint density at radius 1 is 0.750 bits per heavy atom. The summed E-state index contributed by atoms with van der Waals surface area (Å²) < 4.78 is 52.1. The second-order valence-corrected chi connectivity index (χ2v) is 9.17. The minimum Gasteiger partial charge on any atom is -0.212 e. The van der Waals surface area contributed by atoms with Gasteiger partial charge < -0.3 is 0 Å². The summed E-state index contributed by atoms with van der Waals surface area (Å²) in [6.45, 7) is 3.66. The van der Waals surface area contributed by atoms with Gasteiger partial charge in [-0.15, -0.1) is 0 Å². The van der Waals surface area contributed by atoms with Crippen LogP contribution in [-0.2, 0) is 20.0 Å². The molecule has 20 heavy (non-hydrogen) atoms. The molecule has 0 atom stereocenters. The Morgan fingerprint density at radius 2 is 1.05 bits per heavy atom. The van der Waals surface area contributed by atoms with Crippen molar-refractivity contribution < 1.29 is 16.8 Å². The van der Waals surface area contributed by atoms with Crippen LogP contribution in [0.1, 0.15) is 52.4 Å². The Hall–Kier alpha value is -0.180. The van der Waals surface area contributed by atoms with Crippen molar-refractivity contribution in [1.29, 1.82) is 0 Å². The van der Waals surface area contributed by atoms with Crippen LogP contribution in [0.5, 0.6) is 0 Å². The van der Waals surface area contributed by atoms with Crippen molar-refractivity contribution in [1.82, 2.24) is 9.44 Å². The fourth-order valence-electron chi connectivity index (χ4n) is 2.49. The van der Waals surface area contributed by atoms with Crippen LogP contribution in [0.3, 0.4) is 0 Å². The fourth-order valence-corrected chi connectivity index (χ4v) is 5.29. The Labute approximate surface area is 122 Å². The van der Waals surface area contributed by atoms with Crippen LogP contribution in [0.4, 0.5) is 0 Å². The molecular formula is C12H26N2O4S2. The van der Waals surface area contributed by atoms with Gasteiger partial charge in [0.2, 0.25) is 20.0 Å². The molecule has 0 bridgehead atoms. The van der Waals surface area contributed by atoms with E-state index in [2.05, 4.69) is 9.44 Å². The maximum Gasteiger partial charge on any atom is 0.211 e. The van der Waals surface area contributed by atoms with Gasteiger partial charge in [0.15, 0.2) is 0 Å². The Morgan fingerprint density at radius 3 is 1.30 bits per heavy atom. The first kappa shape index (κ1) is 17.9. The van der Waals surface area contributed by atoms with Gasteiger partial charge in [-0.1, -0.05) is 13.8 Å². The zero-order valence-electron chi connectivity index (χ0n) is 12.3. The van der Waals surface area contributed by atoms with Gasteiger partial charge in [0.25, 0.3) is 0 Å². The predicted molar refractivity (Wildman–Crippen MR) is 80.5 cm³/mol. The molecule has 0 aromatic rings. The second kappa shape index (κ2) is 7.72. The molecule has 0 aromatic carbocycles. The van der Waals surface area contributed by atoms with E-state index in [0.717, 1.165) is 0 Å². The van der Waals surface area contributed by atoms with Crippen LogP contribution < -0.4 is 9.44 Å². The van der Waals surface area contributed by atoms with Crippen molar-refractivity contribution in [3.8, 4) is 0 Å². The molecular weight excluding hydrogens is 300 g/mol. The maximum absolute atomic E-state index is 11.7. The molecule has 0 aromatic heterocycles. The Kier molecular flexibility index (Phi) is 6.90. The molecule has 0 aliphatic heterocycles. The first-order chi connectivity index (χ1) is 9.28. The lowest BCUT2D eigenvalue weighted by Gasteiger charge is -2.29. The van der Waals surface area contributed by atoms with Crippen molar-refractivity contribution >= 4 is 20.0 Å². The van der Waals surface area contributed by atoms with Crippen molar-refractivity contribution in [2.45, 2.75) is 64.5 Å². The van der Waals surface area contributed by atoms with Gasteiger partial charge in [0.1, 0.15) is 0 Å². The molecule has 1 aliphatic rings. The summed E-state index contributed by atoms with van der Waals surface area (Å²) in [5.74, 6) is 0.298. The summed E-state index contributed by atoms with van der Waals surface area (Å²) in [4.78, 5) is 0. The van der Waals surface area contributed by atoms with Gasteiger partial charge >= 0.3 is 0 Å². The molecule has 0 spiro atoms. The fraction of sp³-hybridized carbons (Fsp3) is 1.00. The average molecular weight is 326 g/mol. The van der Waals surface area contributed by atoms with Crippen LogP contribution in [0.25, 0.3) is 0 Å². The first-order valence-corrected chi connectivity index (χ1v) is 10.6. The third-order valence-electron chi connectivity index (χ3n) is 3.37. The van der Waals surface area contributed by atoms with E-state index in [0.29, 0.717) is 38.5 Å². The summed E-state index contributed by atoms with van der Waals surface area (Å²) in [7, 11) is -6.36. The summed E-state index contributed by atoms with van der Waals surface area (Å²) >= 11 is 0. The highest BCUT2D eigenvalue weighted by molar-refractivity contribution is 7.89. The quantitative estimate of drug-likeness (QED) is 0.695. The zero-order valence-corrected chi connectivity index (χ0v) is 13.9. The average Bonchev–Trinajstić information content (AvgIpc) is 2.30. The minimum atomic E-state index is -3.18. The van der Waals surface area contributed by atoms with Crippen LogP contribution in [0, 0.1) is 0 Å². The molecule has 1 fully saturated rings. The monoisotopic (exact) mass is 326 g/mol. The van der Waals surface area contributed by atoms with E-state index < -0.39 is 20.0 Å². The molecule has 1 saturated carbocycles. The topological polar surface area (TPSA) is 92.3 Å². The number of hydrogen-bond acceptors (Lipinski definition) is 4. The van der Waals surface area contributed by atoms with E-state index in [-0.39, 0.29) is 23.6 Å². The molecule has 0 amide bonds. The van der Waals surface area contributed by atoms with Gasteiger partial charge in [-0.3, -0.25) is 0 Å². The highest BCUT2D eigenvalue weighted by Gasteiger charge is 2.26. The lowest BCUT2D eigenvalue weighted by atomic mass is 9.92. The maximum atomic E-state index is 11.7. The van der Waals surface area contributed by atoms with Crippen molar-refractivity contribution in [2.75, 3.05) is 11.5 Å². The van der Waals surface area contributed by atoms with E-state index in [4.69, 9.17) is 0 Å². The molecule has 120 valence electrons. The third kappa shape index (κ3) is 6.51. The lowest BCUT2D eigenvalue weighted by Crippen LogP contribution is -2.44. The third-order valence-corrected chi connectivity index (χ3v) is 6.64. The molecule has 0 radical (unpaired) electrons. The minimum absolute atomic E-state index is 0.0570. The number of nitrogens with one attached hydrogen (secondary N) is 2. The number of hydrogen-bond donors (Lipinski definition) is 2. The van der Waals surface area contributed by atoms with Crippen LogP contribution in [0.2, 0.25) is 0 Å². The molecule has 0 unspecified atom stereocenters. The molecule has 1 rings (SSSR count). The normalized spacial score (nSPS) is 24.7. The van der Waals surface area contributed by atoms with E-state index in [1.165, 1.54) is 0 Å². The predicted octanol–water partition coefficient (Wildman–Crippen LogP) is 0.956. The van der Waals surface area contributed by atoms with Gasteiger partial charge in [-0.2, -0.15) is 0 Å². The zero-order chi connectivity index (χ0) is 15.2. The smallest absolute Gasteiger partial charge is 0.211 e. The molecule has 8 heteroatoms. The van der Waals surface area contributed by atoms with E-state index in [1.54, 1.807) is 0 Å². The highest BCUT2D eigenvalue weighted by atomic mass is 32.2. The van der Waals surface area contributed by atoms with Crippen LogP contribution in [0.15, 0.2) is 0 Å². The van der Waals surface area contributed by atoms with Crippen molar-refractivity contribution in [3.05, 3.63) is 0 Å². The van der Waals surface area contributed by atoms with Crippen LogP contribution in [-0.4, -0.2) is 40.4 Å². The summed E-state index contributed by atoms with van der Waals surface area (Å²) in [5, 5.41) is 0. The highest BCUT2D eigenvalue weighted by Crippen LogP contribution is 2.20. The van der Waals surface area contributed by atoms with Crippen molar-refractivity contribution in [3.63, 3.8) is 0 Å². The largest absolute Gasteiger partial charge is 0.212 e. The summed E-state index contributed by atoms with van der Waals surface area (Å²) in [6, 6.07) is -0.114. The molecule has 0 saturated heterocycles. The number of sulfonamides is 2. The van der Waals surface area contributed by atoms with Gasteiger partial charge in [0.05, 0.1) is 11.5 Å². The van der Waals surface area contributed by atoms with Gasteiger partial charge in [-0.05, 0) is 38.5 Å². The van der Waals surface area contributed by atoms with Gasteiger partial charge in [0, 0.05) is 12.1 Å². The van der Waals surface area contributed by atoms with E-state index >= 15 is 0 Å². The molecule has 6 nitrogen and oxygen atoms in total. The SMILES string of the molecule is CCCS(=O)(=O)NC1CCC(NS(=O)(=O)CCC)CC1. The summed E-state index contributed by atoms with van der Waals surface area (Å²) in [5.41, 5.74) is 0. The van der Waals surface area contributed by atoms with Crippen molar-refractivity contribution in [2.24, 2.45) is 0 Å². The first-order valence-electron chi connectivity index (χ1n) is 7.28. The standard InChI is InChI=1S/C12H26N2O4S2/c1-3-9-19(15,16)13-11-5-7-12(8-6-11)14-20(17,18)10-4-2/h11-14H,3-10H2,1-2H3. The van der Waals surface area contributed by atoms with E-state index in [9.17, 15) is 16.8 Å². The Bertz CT molecular complexity index is 434. The molecule has 0 heterocycles. The lowest BCUT2D eigenvalue weighted by molar-refractivity contribution is 0.356. The van der Waals surface area contributed by atoms with Gasteiger partial charge in [-0.25, -0.2) is 26.3 Å². The van der Waals surface area contributed by atoms with Crippen LogP contribution >= 0.6 is 0 Å². The molecule has 2 N–H and O–H groups in total. The number of rotatable bonds is 8. The Balaban J connectivity index is 2.41. The second-order valence-electron chi connectivity index (χ2n) is 5.42. The molecule has 1 aliphatic carbocycles.